The zero-order valence-corrected chi connectivity index (χ0v) is 10.9. The summed E-state index contributed by atoms with van der Waals surface area (Å²) in [6, 6.07) is -1.29. The highest BCUT2D eigenvalue weighted by Crippen LogP contribution is 2.21. The van der Waals surface area contributed by atoms with Crippen LogP contribution >= 0.6 is 0 Å². The second-order valence-corrected chi connectivity index (χ2v) is 4.41. The van der Waals surface area contributed by atoms with Crippen molar-refractivity contribution in [1.82, 2.24) is 4.90 Å². The first-order valence-electron chi connectivity index (χ1n) is 6.30. The molecule has 8 nitrogen and oxygen atoms in total. The van der Waals surface area contributed by atoms with Gasteiger partial charge in [-0.05, 0) is 24.8 Å². The van der Waals surface area contributed by atoms with E-state index in [2.05, 4.69) is 10.0 Å². The van der Waals surface area contributed by atoms with Crippen LogP contribution in [0.3, 0.4) is 0 Å². The fourth-order valence-corrected chi connectivity index (χ4v) is 1.96. The van der Waals surface area contributed by atoms with Crippen molar-refractivity contribution >= 4 is 12.1 Å². The van der Waals surface area contributed by atoms with Crippen LogP contribution in [0.4, 0.5) is 4.79 Å². The van der Waals surface area contributed by atoms with Crippen molar-refractivity contribution in [2.45, 2.75) is 44.7 Å². The third kappa shape index (κ3) is 4.33. The normalized spacial score (nSPS) is 22.5. The van der Waals surface area contributed by atoms with Gasteiger partial charge in [0.05, 0.1) is 12.6 Å². The van der Waals surface area contributed by atoms with E-state index >= 15 is 0 Å². The molecule has 1 aliphatic heterocycles. The number of carboxylic acids is 1. The molecular weight excluding hydrogens is 252 g/mol. The van der Waals surface area contributed by atoms with Crippen LogP contribution in [-0.2, 0) is 9.53 Å². The third-order valence-corrected chi connectivity index (χ3v) is 3.01. The summed E-state index contributed by atoms with van der Waals surface area (Å²) < 4.78 is 5.02. The lowest BCUT2D eigenvalue weighted by molar-refractivity contribution is -0.144. The summed E-state index contributed by atoms with van der Waals surface area (Å²) >= 11 is 0. The number of hydrogen-bond donors (Lipinski definition) is 1. The van der Waals surface area contributed by atoms with Crippen molar-refractivity contribution in [3.63, 3.8) is 0 Å². The molecule has 0 saturated carbocycles. The molecule has 0 bridgehead atoms. The molecule has 2 unspecified atom stereocenters. The number of azide groups is 1. The summed E-state index contributed by atoms with van der Waals surface area (Å²) in [6.07, 6.45) is 1.69. The van der Waals surface area contributed by atoms with E-state index in [-0.39, 0.29) is 25.6 Å². The number of carboxylic acid groups (broad SMARTS) is 1. The minimum absolute atomic E-state index is 0.0893. The van der Waals surface area contributed by atoms with Gasteiger partial charge < -0.3 is 9.84 Å². The van der Waals surface area contributed by atoms with Gasteiger partial charge in [0.2, 0.25) is 0 Å². The number of rotatable bonds is 5. The summed E-state index contributed by atoms with van der Waals surface area (Å²) in [7, 11) is 0. The van der Waals surface area contributed by atoms with E-state index in [0.717, 1.165) is 17.7 Å². The number of hydrogen-bond acceptors (Lipinski definition) is 4. The SMILES string of the molecule is CCCCOC(=O)N1CC(N=[N+]=[N-])CCC1C(=O)O. The number of ether oxygens (including phenoxy) is 1. The number of carbonyl (C=O) groups is 2. The van der Waals surface area contributed by atoms with Gasteiger partial charge in [-0.3, -0.25) is 4.90 Å². The molecule has 0 spiro atoms. The molecule has 1 aliphatic rings. The Hall–Kier alpha value is -1.95. The first-order chi connectivity index (χ1) is 9.10. The minimum atomic E-state index is -1.06. The number of amides is 1. The molecule has 2 atom stereocenters. The number of unbranched alkanes of at least 4 members (excludes halogenated alkanes) is 1. The molecule has 0 aromatic carbocycles. The average molecular weight is 270 g/mol. The minimum Gasteiger partial charge on any atom is -0.480 e. The maximum absolute atomic E-state index is 11.8. The average Bonchev–Trinajstić information content (AvgIpc) is 2.39. The summed E-state index contributed by atoms with van der Waals surface area (Å²) in [5.41, 5.74) is 8.40. The summed E-state index contributed by atoms with van der Waals surface area (Å²) in [4.78, 5) is 26.8. The number of piperidine rings is 1. The van der Waals surface area contributed by atoms with Crippen molar-refractivity contribution in [2.24, 2.45) is 5.11 Å². The predicted octanol–water partition coefficient (Wildman–Crippen LogP) is 2.15. The van der Waals surface area contributed by atoms with E-state index in [0.29, 0.717) is 6.42 Å². The zero-order chi connectivity index (χ0) is 14.3. The van der Waals surface area contributed by atoms with E-state index in [1.807, 2.05) is 6.92 Å². The lowest BCUT2D eigenvalue weighted by Gasteiger charge is -2.34. The third-order valence-electron chi connectivity index (χ3n) is 3.01. The smallest absolute Gasteiger partial charge is 0.410 e. The lowest BCUT2D eigenvalue weighted by atomic mass is 9.99. The molecular formula is C11H18N4O4. The van der Waals surface area contributed by atoms with Crippen LogP contribution in [0.1, 0.15) is 32.6 Å². The fourth-order valence-electron chi connectivity index (χ4n) is 1.96. The van der Waals surface area contributed by atoms with Crippen molar-refractivity contribution in [3.8, 4) is 0 Å². The van der Waals surface area contributed by atoms with Crippen LogP contribution in [0, 0.1) is 0 Å². The molecule has 0 aromatic heterocycles. The Morgan fingerprint density at radius 3 is 2.84 bits per heavy atom. The molecule has 0 aromatic rings. The van der Waals surface area contributed by atoms with Crippen LogP contribution in [-0.4, -0.2) is 47.3 Å². The van der Waals surface area contributed by atoms with Crippen LogP contribution in [0.5, 0.6) is 0 Å². The molecule has 8 heteroatoms. The molecule has 19 heavy (non-hydrogen) atoms. The lowest BCUT2D eigenvalue weighted by Crippen LogP contribution is -2.52. The van der Waals surface area contributed by atoms with Crippen molar-refractivity contribution in [1.29, 1.82) is 0 Å². The highest BCUT2D eigenvalue weighted by atomic mass is 16.6. The molecule has 1 N–H and O–H groups in total. The van der Waals surface area contributed by atoms with E-state index in [1.54, 1.807) is 0 Å². The van der Waals surface area contributed by atoms with Crippen LogP contribution < -0.4 is 0 Å². The van der Waals surface area contributed by atoms with E-state index in [4.69, 9.17) is 15.4 Å². The van der Waals surface area contributed by atoms with Gasteiger partial charge in [-0.25, -0.2) is 9.59 Å². The maximum Gasteiger partial charge on any atom is 0.410 e. The zero-order valence-electron chi connectivity index (χ0n) is 10.9. The fraction of sp³-hybridized carbons (Fsp3) is 0.818. The molecule has 1 fully saturated rings. The van der Waals surface area contributed by atoms with Crippen LogP contribution in [0.15, 0.2) is 5.11 Å². The standard InChI is InChI=1S/C11H18N4O4/c1-2-3-6-19-11(18)15-7-8(13-14-12)4-5-9(15)10(16)17/h8-9H,2-7H2,1H3,(H,16,17). The number of likely N-dealkylation sites (tertiary alicyclic amines) is 1. The Labute approximate surface area is 111 Å². The number of aliphatic carboxylic acids is 1. The first-order valence-corrected chi connectivity index (χ1v) is 6.30. The second-order valence-electron chi connectivity index (χ2n) is 4.41. The summed E-state index contributed by atoms with van der Waals surface area (Å²) in [5.74, 6) is -1.06. The Balaban J connectivity index is 2.67. The topological polar surface area (TPSA) is 116 Å². The molecule has 106 valence electrons. The molecule has 1 amide bonds. The Morgan fingerprint density at radius 1 is 1.53 bits per heavy atom. The quantitative estimate of drug-likeness (QED) is 0.356. The van der Waals surface area contributed by atoms with Gasteiger partial charge >= 0.3 is 12.1 Å². The molecule has 1 saturated heterocycles. The van der Waals surface area contributed by atoms with E-state index < -0.39 is 18.1 Å². The van der Waals surface area contributed by atoms with Crippen LogP contribution in [0.2, 0.25) is 0 Å². The number of nitrogens with zero attached hydrogens (tertiary/aromatic N) is 4. The van der Waals surface area contributed by atoms with Crippen molar-refractivity contribution < 1.29 is 19.4 Å². The van der Waals surface area contributed by atoms with Crippen molar-refractivity contribution in [2.75, 3.05) is 13.2 Å². The Morgan fingerprint density at radius 2 is 2.26 bits per heavy atom. The van der Waals surface area contributed by atoms with Crippen LogP contribution in [0.25, 0.3) is 10.4 Å². The van der Waals surface area contributed by atoms with E-state index in [9.17, 15) is 9.59 Å². The first kappa shape index (κ1) is 15.1. The van der Waals surface area contributed by atoms with Gasteiger partial charge in [0.15, 0.2) is 0 Å². The van der Waals surface area contributed by atoms with Gasteiger partial charge in [0, 0.05) is 11.5 Å². The van der Waals surface area contributed by atoms with Gasteiger partial charge in [0.1, 0.15) is 6.04 Å². The molecule has 0 radical (unpaired) electrons. The summed E-state index contributed by atoms with van der Waals surface area (Å²) in [5, 5.41) is 12.6. The second kappa shape index (κ2) is 7.48. The molecule has 1 heterocycles. The highest BCUT2D eigenvalue weighted by molar-refractivity contribution is 5.80. The van der Waals surface area contributed by atoms with E-state index in [1.165, 1.54) is 0 Å². The Kier molecular flexibility index (Phi) is 5.95. The molecule has 1 rings (SSSR count). The Bertz CT molecular complexity index is 381. The predicted molar refractivity (Wildman–Crippen MR) is 66.6 cm³/mol. The largest absolute Gasteiger partial charge is 0.480 e. The monoisotopic (exact) mass is 270 g/mol. The van der Waals surface area contributed by atoms with Gasteiger partial charge in [-0.1, -0.05) is 18.5 Å². The number of carbonyl (C=O) groups excluding carboxylic acids is 1. The highest BCUT2D eigenvalue weighted by Gasteiger charge is 2.36. The molecule has 0 aliphatic carbocycles. The van der Waals surface area contributed by atoms with Gasteiger partial charge in [0.25, 0.3) is 0 Å². The maximum atomic E-state index is 11.8. The van der Waals surface area contributed by atoms with Gasteiger partial charge in [-0.2, -0.15) is 0 Å². The van der Waals surface area contributed by atoms with Gasteiger partial charge in [-0.15, -0.1) is 0 Å². The van der Waals surface area contributed by atoms with Crippen molar-refractivity contribution in [3.05, 3.63) is 10.4 Å². The summed E-state index contributed by atoms with van der Waals surface area (Å²) in [6.45, 7) is 2.32.